The Morgan fingerprint density at radius 2 is 1.74 bits per heavy atom. The monoisotopic (exact) mass is 475 g/mol. The van der Waals surface area contributed by atoms with Gasteiger partial charge in [-0.05, 0) is 86.8 Å². The first-order valence-electron chi connectivity index (χ1n) is 12.1. The molecule has 1 amide bonds. The summed E-state index contributed by atoms with van der Waals surface area (Å²) in [5.74, 6) is 2.00. The van der Waals surface area contributed by atoms with E-state index in [0.717, 1.165) is 50.3 Å². The number of rotatable bonds is 6. The summed E-state index contributed by atoms with van der Waals surface area (Å²) in [5, 5.41) is 0. The molecule has 2 aliphatic rings. The number of amides is 1. The predicted octanol–water partition coefficient (Wildman–Crippen LogP) is 4.86. The molecule has 3 aromatic rings. The van der Waals surface area contributed by atoms with E-state index in [1.165, 1.54) is 12.1 Å². The van der Waals surface area contributed by atoms with E-state index in [9.17, 15) is 9.18 Å². The van der Waals surface area contributed by atoms with Gasteiger partial charge in [0.2, 0.25) is 0 Å². The highest BCUT2D eigenvalue weighted by Gasteiger charge is 2.35. The van der Waals surface area contributed by atoms with E-state index >= 15 is 0 Å². The zero-order valence-electron chi connectivity index (χ0n) is 19.8. The van der Waals surface area contributed by atoms with Crippen LogP contribution in [0.5, 0.6) is 11.5 Å². The molecule has 1 fully saturated rings. The zero-order chi connectivity index (χ0) is 24.4. The average Bonchev–Trinajstić information content (AvgIpc) is 3.27. The molecule has 8 heteroatoms. The molecule has 7 nitrogen and oxygen atoms in total. The molecule has 2 aliphatic heterocycles. The van der Waals surface area contributed by atoms with Crippen molar-refractivity contribution in [2.45, 2.75) is 32.1 Å². The minimum Gasteiger partial charge on any atom is -0.457 e. The van der Waals surface area contributed by atoms with Crippen LogP contribution in [-0.2, 0) is 0 Å². The van der Waals surface area contributed by atoms with E-state index < -0.39 is 5.91 Å². The predicted molar refractivity (Wildman–Crippen MR) is 133 cm³/mol. The lowest BCUT2D eigenvalue weighted by Crippen LogP contribution is -2.38. The zero-order valence-corrected chi connectivity index (χ0v) is 19.8. The van der Waals surface area contributed by atoms with Gasteiger partial charge in [0.05, 0.1) is 0 Å². The quantitative estimate of drug-likeness (QED) is 0.532. The second-order valence-electron chi connectivity index (χ2n) is 9.11. The van der Waals surface area contributed by atoms with Gasteiger partial charge in [-0.1, -0.05) is 6.08 Å². The van der Waals surface area contributed by atoms with Crippen LogP contribution in [0.3, 0.4) is 0 Å². The molecule has 0 aliphatic carbocycles. The second-order valence-corrected chi connectivity index (χ2v) is 9.11. The fourth-order valence-corrected chi connectivity index (χ4v) is 5.18. The molecule has 2 aromatic carbocycles. The van der Waals surface area contributed by atoms with Gasteiger partial charge in [-0.25, -0.2) is 14.1 Å². The Morgan fingerprint density at radius 3 is 2.37 bits per heavy atom. The van der Waals surface area contributed by atoms with Crippen molar-refractivity contribution in [2.75, 3.05) is 25.1 Å². The topological polar surface area (TPSA) is 85.4 Å². The molecule has 3 heterocycles. The number of piperidine rings is 1. The standard InChI is InChI=1S/C27H30FN5O2/c1-2-15-32-16-12-18(13-17-32)23-11-14-30-33-25(26(29)34)24(31-27(23)33)19-3-7-21(8-4-19)35-22-9-5-20(28)6-10-22/h2-10,15,18,23,30H,11-14,16-17H2,1H3,(H2,29,34). The molecule has 1 saturated heterocycles. The van der Waals surface area contributed by atoms with Gasteiger partial charge in [-0.15, -0.1) is 0 Å². The van der Waals surface area contributed by atoms with Gasteiger partial charge < -0.3 is 20.8 Å². The van der Waals surface area contributed by atoms with Crippen molar-refractivity contribution in [3.05, 3.63) is 78.1 Å². The number of ether oxygens (including phenoxy) is 1. The smallest absolute Gasteiger partial charge is 0.269 e. The number of carbonyl (C=O) groups is 1. The van der Waals surface area contributed by atoms with Gasteiger partial charge in [0, 0.05) is 31.1 Å². The van der Waals surface area contributed by atoms with Crippen molar-refractivity contribution in [3.63, 3.8) is 0 Å². The number of likely N-dealkylation sites (tertiary alicyclic amines) is 1. The van der Waals surface area contributed by atoms with Gasteiger partial charge in [0.25, 0.3) is 5.91 Å². The maximum atomic E-state index is 13.1. The number of nitrogens with zero attached hydrogens (tertiary/aromatic N) is 3. The number of fused-ring (bicyclic) bond motifs is 1. The van der Waals surface area contributed by atoms with Crippen molar-refractivity contribution < 1.29 is 13.9 Å². The molecular weight excluding hydrogens is 445 g/mol. The number of carbonyl (C=O) groups excluding carboxylic acids is 1. The number of hydrogen-bond acceptors (Lipinski definition) is 5. The Bertz CT molecular complexity index is 1210. The summed E-state index contributed by atoms with van der Waals surface area (Å²) in [4.78, 5) is 19.8. The minimum absolute atomic E-state index is 0.275. The maximum absolute atomic E-state index is 13.1. The number of halogens is 1. The SMILES string of the molecule is CC=CN1CCC(C2CCNn3c2nc(-c2ccc(Oc4ccc(F)cc4)cc2)c3C(N)=O)CC1. The minimum atomic E-state index is -0.513. The van der Waals surface area contributed by atoms with E-state index in [2.05, 4.69) is 22.6 Å². The van der Waals surface area contributed by atoms with Crippen LogP contribution in [0.4, 0.5) is 4.39 Å². The molecule has 0 bridgehead atoms. The highest BCUT2D eigenvalue weighted by Crippen LogP contribution is 2.39. The van der Waals surface area contributed by atoms with E-state index in [1.807, 2.05) is 35.9 Å². The highest BCUT2D eigenvalue weighted by atomic mass is 19.1. The number of nitrogens with two attached hydrogens (primary N) is 1. The number of allylic oxidation sites excluding steroid dienone is 1. The number of hydrogen-bond donors (Lipinski definition) is 2. The lowest BCUT2D eigenvalue weighted by Gasteiger charge is -2.37. The van der Waals surface area contributed by atoms with Crippen molar-refractivity contribution in [2.24, 2.45) is 11.7 Å². The van der Waals surface area contributed by atoms with Crippen LogP contribution in [0.1, 0.15) is 48.4 Å². The summed E-state index contributed by atoms with van der Waals surface area (Å²) in [5.41, 5.74) is 10.9. The Balaban J connectivity index is 1.41. The first-order chi connectivity index (χ1) is 17.0. The molecule has 0 spiro atoms. The molecule has 1 aromatic heterocycles. The fourth-order valence-electron chi connectivity index (χ4n) is 5.18. The molecule has 182 valence electrons. The summed E-state index contributed by atoms with van der Waals surface area (Å²) in [6, 6.07) is 13.2. The van der Waals surface area contributed by atoms with Crippen molar-refractivity contribution in [1.29, 1.82) is 0 Å². The molecule has 35 heavy (non-hydrogen) atoms. The first kappa shape index (κ1) is 23.0. The number of primary amides is 1. The summed E-state index contributed by atoms with van der Waals surface area (Å²) in [6.07, 6.45) is 7.41. The molecule has 0 saturated carbocycles. The van der Waals surface area contributed by atoms with Crippen LogP contribution in [0.25, 0.3) is 11.3 Å². The van der Waals surface area contributed by atoms with Crippen LogP contribution in [-0.4, -0.2) is 40.1 Å². The van der Waals surface area contributed by atoms with Crippen molar-refractivity contribution >= 4 is 5.91 Å². The van der Waals surface area contributed by atoms with Crippen LogP contribution < -0.4 is 15.9 Å². The van der Waals surface area contributed by atoms with Gasteiger partial charge in [-0.3, -0.25) is 4.79 Å². The number of benzene rings is 2. The van der Waals surface area contributed by atoms with Crippen LogP contribution in [0.2, 0.25) is 0 Å². The largest absolute Gasteiger partial charge is 0.457 e. The van der Waals surface area contributed by atoms with Gasteiger partial charge >= 0.3 is 0 Å². The molecule has 3 N–H and O–H groups in total. The number of aromatic nitrogens is 2. The normalized spacial score (nSPS) is 18.3. The molecular formula is C27H30FN5O2. The highest BCUT2D eigenvalue weighted by molar-refractivity contribution is 5.97. The lowest BCUT2D eigenvalue weighted by molar-refractivity contribution is 0.0992. The summed E-state index contributed by atoms with van der Waals surface area (Å²) < 4.78 is 20.8. The summed E-state index contributed by atoms with van der Waals surface area (Å²) in [7, 11) is 0. The van der Waals surface area contributed by atoms with E-state index in [-0.39, 0.29) is 11.7 Å². The summed E-state index contributed by atoms with van der Waals surface area (Å²) in [6.45, 7) is 4.88. The fraction of sp³-hybridized carbons (Fsp3) is 0.333. The van der Waals surface area contributed by atoms with E-state index in [4.69, 9.17) is 15.5 Å². The second kappa shape index (κ2) is 9.82. The summed E-state index contributed by atoms with van der Waals surface area (Å²) >= 11 is 0. The Hall–Kier alpha value is -3.81. The Kier molecular flexibility index (Phi) is 6.44. The Labute approximate surface area is 204 Å². The van der Waals surface area contributed by atoms with Crippen LogP contribution in [0, 0.1) is 11.7 Å². The Morgan fingerprint density at radius 1 is 1.09 bits per heavy atom. The number of nitrogens with one attached hydrogen (secondary N) is 1. The maximum Gasteiger partial charge on any atom is 0.269 e. The van der Waals surface area contributed by atoms with Crippen LogP contribution >= 0.6 is 0 Å². The molecule has 0 radical (unpaired) electrons. The molecule has 5 rings (SSSR count). The average molecular weight is 476 g/mol. The van der Waals surface area contributed by atoms with Gasteiger partial charge in [0.1, 0.15) is 28.8 Å². The van der Waals surface area contributed by atoms with E-state index in [1.54, 1.807) is 12.1 Å². The third kappa shape index (κ3) is 4.73. The third-order valence-corrected chi connectivity index (χ3v) is 6.87. The van der Waals surface area contributed by atoms with Crippen molar-refractivity contribution in [1.82, 2.24) is 14.6 Å². The van der Waals surface area contributed by atoms with Crippen LogP contribution in [0.15, 0.2) is 60.8 Å². The first-order valence-corrected chi connectivity index (χ1v) is 12.1. The van der Waals surface area contributed by atoms with Gasteiger partial charge in [0.15, 0.2) is 5.69 Å². The molecule has 1 atom stereocenters. The lowest BCUT2D eigenvalue weighted by atomic mass is 9.81. The third-order valence-electron chi connectivity index (χ3n) is 6.87. The van der Waals surface area contributed by atoms with Crippen molar-refractivity contribution in [3.8, 4) is 22.8 Å². The number of imidazole rings is 1. The van der Waals surface area contributed by atoms with Gasteiger partial charge in [-0.2, -0.15) is 0 Å². The van der Waals surface area contributed by atoms with E-state index in [0.29, 0.717) is 28.8 Å². The molecule has 1 unspecified atom stereocenters.